The summed E-state index contributed by atoms with van der Waals surface area (Å²) in [5.74, 6) is -0.731. The first-order valence-electron chi connectivity index (χ1n) is 11.5. The van der Waals surface area contributed by atoms with Crippen LogP contribution in [0.3, 0.4) is 0 Å². The van der Waals surface area contributed by atoms with Crippen LogP contribution in [0.4, 0.5) is 13.2 Å². The number of halogens is 3. The molecule has 1 aromatic heterocycles. The predicted molar refractivity (Wildman–Crippen MR) is 118 cm³/mol. The molecule has 1 aliphatic carbocycles. The van der Waals surface area contributed by atoms with Gasteiger partial charge in [-0.2, -0.15) is 0 Å². The number of aromatic nitrogens is 1. The van der Waals surface area contributed by atoms with Gasteiger partial charge in [0, 0.05) is 12.2 Å². The van der Waals surface area contributed by atoms with Crippen molar-refractivity contribution in [3.05, 3.63) is 35.7 Å². The van der Waals surface area contributed by atoms with Crippen molar-refractivity contribution >= 4 is 5.97 Å². The fourth-order valence-electron chi connectivity index (χ4n) is 3.79. The minimum absolute atomic E-state index is 0.0183. The molecule has 0 bridgehead atoms. The quantitative estimate of drug-likeness (QED) is 0.420. The average molecular weight is 501 g/mol. The van der Waals surface area contributed by atoms with Crippen LogP contribution in [0.2, 0.25) is 0 Å². The van der Waals surface area contributed by atoms with E-state index in [2.05, 4.69) is 9.72 Å². The summed E-state index contributed by atoms with van der Waals surface area (Å²) in [4.78, 5) is 15.7. The molecule has 11 heteroatoms. The zero-order valence-electron chi connectivity index (χ0n) is 19.7. The Balaban J connectivity index is 1.54. The van der Waals surface area contributed by atoms with Gasteiger partial charge in [-0.3, -0.25) is 0 Å². The molecule has 1 saturated carbocycles. The Labute approximate surface area is 201 Å². The SMILES string of the molecule is CCCOC(CO[C@@H]1CCC[C@H](OCc2nc(-c3cccc(OC(F)(F)F)c3)oc2C)C1)C(=O)O. The van der Waals surface area contributed by atoms with Gasteiger partial charge < -0.3 is 28.5 Å². The van der Waals surface area contributed by atoms with E-state index in [0.29, 0.717) is 30.0 Å². The summed E-state index contributed by atoms with van der Waals surface area (Å²) in [6.07, 6.45) is -2.17. The van der Waals surface area contributed by atoms with Gasteiger partial charge in [0.1, 0.15) is 17.2 Å². The number of aliphatic carboxylic acids is 1. The third kappa shape index (κ3) is 8.52. The van der Waals surface area contributed by atoms with Crippen molar-refractivity contribution in [2.24, 2.45) is 0 Å². The number of hydrogen-bond donors (Lipinski definition) is 1. The van der Waals surface area contributed by atoms with Gasteiger partial charge >= 0.3 is 12.3 Å². The second-order valence-electron chi connectivity index (χ2n) is 8.35. The molecule has 0 spiro atoms. The molecular formula is C24H30F3NO7. The Morgan fingerprint density at radius 2 is 2.00 bits per heavy atom. The van der Waals surface area contributed by atoms with E-state index < -0.39 is 18.4 Å². The maximum atomic E-state index is 12.5. The highest BCUT2D eigenvalue weighted by molar-refractivity contribution is 5.72. The molecule has 1 unspecified atom stereocenters. The van der Waals surface area contributed by atoms with Crippen molar-refractivity contribution in [1.82, 2.24) is 4.98 Å². The topological polar surface area (TPSA) is 100 Å². The monoisotopic (exact) mass is 501 g/mol. The van der Waals surface area contributed by atoms with Crippen molar-refractivity contribution < 1.29 is 46.4 Å². The van der Waals surface area contributed by atoms with Crippen molar-refractivity contribution in [1.29, 1.82) is 0 Å². The zero-order valence-corrected chi connectivity index (χ0v) is 19.7. The number of benzene rings is 1. The molecule has 35 heavy (non-hydrogen) atoms. The summed E-state index contributed by atoms with van der Waals surface area (Å²) in [5.41, 5.74) is 0.898. The van der Waals surface area contributed by atoms with Crippen LogP contribution in [0.5, 0.6) is 5.75 Å². The number of alkyl halides is 3. The highest BCUT2D eigenvalue weighted by atomic mass is 19.4. The van der Waals surface area contributed by atoms with Crippen LogP contribution in [-0.4, -0.2) is 53.9 Å². The maximum absolute atomic E-state index is 12.5. The summed E-state index contributed by atoms with van der Waals surface area (Å²) < 4.78 is 64.2. The number of ether oxygens (including phenoxy) is 4. The van der Waals surface area contributed by atoms with E-state index in [1.807, 2.05) is 6.92 Å². The number of rotatable bonds is 12. The lowest BCUT2D eigenvalue weighted by Gasteiger charge is -2.29. The first-order valence-corrected chi connectivity index (χ1v) is 11.5. The van der Waals surface area contributed by atoms with Crippen molar-refractivity contribution in [2.45, 2.75) is 77.2 Å². The smallest absolute Gasteiger partial charge is 0.479 e. The zero-order chi connectivity index (χ0) is 25.4. The number of carboxylic acid groups (broad SMARTS) is 1. The van der Waals surface area contributed by atoms with E-state index in [9.17, 15) is 23.1 Å². The third-order valence-electron chi connectivity index (χ3n) is 5.52. The fourth-order valence-corrected chi connectivity index (χ4v) is 3.79. The van der Waals surface area contributed by atoms with Gasteiger partial charge in [-0.05, 0) is 57.2 Å². The van der Waals surface area contributed by atoms with Crippen LogP contribution in [-0.2, 0) is 25.6 Å². The Bertz CT molecular complexity index is 963. The van der Waals surface area contributed by atoms with Gasteiger partial charge in [-0.15, -0.1) is 13.2 Å². The maximum Gasteiger partial charge on any atom is 0.573 e. The van der Waals surface area contributed by atoms with E-state index in [0.717, 1.165) is 25.7 Å². The largest absolute Gasteiger partial charge is 0.573 e. The van der Waals surface area contributed by atoms with E-state index in [4.69, 9.17) is 18.6 Å². The van der Waals surface area contributed by atoms with Gasteiger partial charge in [-0.1, -0.05) is 13.0 Å². The fraction of sp³-hybridized carbons (Fsp3) is 0.583. The van der Waals surface area contributed by atoms with Crippen LogP contribution in [0.25, 0.3) is 11.5 Å². The molecule has 1 aliphatic rings. The molecule has 1 fully saturated rings. The third-order valence-corrected chi connectivity index (χ3v) is 5.52. The molecule has 1 N–H and O–H groups in total. The van der Waals surface area contributed by atoms with Crippen LogP contribution >= 0.6 is 0 Å². The van der Waals surface area contributed by atoms with E-state index in [-0.39, 0.29) is 37.1 Å². The molecular weight excluding hydrogens is 471 g/mol. The Morgan fingerprint density at radius 1 is 1.26 bits per heavy atom. The molecule has 0 aliphatic heterocycles. The molecule has 3 rings (SSSR count). The summed E-state index contributed by atoms with van der Waals surface area (Å²) in [7, 11) is 0. The first-order chi connectivity index (χ1) is 16.6. The second kappa shape index (κ2) is 12.4. The Morgan fingerprint density at radius 3 is 2.69 bits per heavy atom. The van der Waals surface area contributed by atoms with Crippen LogP contribution < -0.4 is 4.74 Å². The lowest BCUT2D eigenvalue weighted by molar-refractivity contribution is -0.274. The summed E-state index contributed by atoms with van der Waals surface area (Å²) >= 11 is 0. The summed E-state index contributed by atoms with van der Waals surface area (Å²) in [5, 5.41) is 9.26. The highest BCUT2D eigenvalue weighted by Gasteiger charge is 2.31. The van der Waals surface area contributed by atoms with E-state index >= 15 is 0 Å². The minimum atomic E-state index is -4.79. The Kier molecular flexibility index (Phi) is 9.53. The van der Waals surface area contributed by atoms with E-state index in [1.54, 1.807) is 13.0 Å². The number of oxazole rings is 1. The number of nitrogens with zero attached hydrogens (tertiary/aromatic N) is 1. The van der Waals surface area contributed by atoms with Crippen molar-refractivity contribution in [3.8, 4) is 17.2 Å². The van der Waals surface area contributed by atoms with Crippen molar-refractivity contribution in [3.63, 3.8) is 0 Å². The second-order valence-corrected chi connectivity index (χ2v) is 8.35. The average Bonchev–Trinajstić information content (AvgIpc) is 3.17. The molecule has 2 aromatic rings. The lowest BCUT2D eigenvalue weighted by atomic mass is 9.95. The van der Waals surface area contributed by atoms with Crippen LogP contribution in [0.1, 0.15) is 50.5 Å². The molecule has 0 saturated heterocycles. The standard InChI is InChI=1S/C24H30F3NO7/c1-3-10-31-21(23(29)30)14-33-18-8-5-7-17(12-18)32-13-20-15(2)34-22(28-20)16-6-4-9-19(11-16)35-24(25,26)27/h4,6,9,11,17-18,21H,3,5,7-8,10,12-14H2,1-2H3,(H,29,30)/t17-,18+,21?/m0/s1. The van der Waals surface area contributed by atoms with Crippen LogP contribution in [0, 0.1) is 6.92 Å². The Hall–Kier alpha value is -2.63. The normalized spacial score (nSPS) is 19.5. The van der Waals surface area contributed by atoms with Gasteiger partial charge in [-0.25, -0.2) is 9.78 Å². The van der Waals surface area contributed by atoms with Crippen molar-refractivity contribution in [2.75, 3.05) is 13.2 Å². The first kappa shape index (κ1) is 27.0. The number of carbonyl (C=O) groups is 1. The molecule has 0 radical (unpaired) electrons. The number of hydrogen-bond acceptors (Lipinski definition) is 7. The van der Waals surface area contributed by atoms with Crippen LogP contribution in [0.15, 0.2) is 28.7 Å². The van der Waals surface area contributed by atoms with E-state index in [1.165, 1.54) is 18.2 Å². The van der Waals surface area contributed by atoms with Gasteiger partial charge in [0.25, 0.3) is 0 Å². The molecule has 1 aromatic carbocycles. The highest BCUT2D eigenvalue weighted by Crippen LogP contribution is 2.30. The lowest BCUT2D eigenvalue weighted by Crippen LogP contribution is -2.34. The molecule has 3 atom stereocenters. The molecule has 8 nitrogen and oxygen atoms in total. The summed E-state index contributed by atoms with van der Waals surface area (Å²) in [6, 6.07) is 5.42. The molecule has 194 valence electrons. The van der Waals surface area contributed by atoms with Gasteiger partial charge in [0.2, 0.25) is 5.89 Å². The number of aryl methyl sites for hydroxylation is 1. The molecule has 0 amide bonds. The predicted octanol–water partition coefficient (Wildman–Crippen LogP) is 5.27. The molecule has 1 heterocycles. The minimum Gasteiger partial charge on any atom is -0.479 e. The van der Waals surface area contributed by atoms with Gasteiger partial charge in [0.15, 0.2) is 6.10 Å². The van der Waals surface area contributed by atoms with Gasteiger partial charge in [0.05, 0.1) is 25.4 Å². The number of carboxylic acids is 1. The summed E-state index contributed by atoms with van der Waals surface area (Å²) in [6.45, 7) is 4.12.